The van der Waals surface area contributed by atoms with E-state index in [2.05, 4.69) is 20.6 Å². The van der Waals surface area contributed by atoms with Crippen molar-refractivity contribution in [3.8, 4) is 11.8 Å². The number of methoxy groups -OCH3 is 1. The van der Waals surface area contributed by atoms with Crippen molar-refractivity contribution >= 4 is 24.0 Å². The molecule has 0 spiro atoms. The Hall–Kier alpha value is -3.55. The molecule has 2 aromatic rings. The van der Waals surface area contributed by atoms with E-state index in [4.69, 9.17) is 9.47 Å². The van der Waals surface area contributed by atoms with E-state index in [0.29, 0.717) is 23.9 Å². The van der Waals surface area contributed by atoms with Crippen molar-refractivity contribution in [3.05, 3.63) is 41.2 Å². The third-order valence-corrected chi connectivity index (χ3v) is 5.25. The maximum Gasteiger partial charge on any atom is 0.328 e. The second-order valence-electron chi connectivity index (χ2n) is 7.29. The van der Waals surface area contributed by atoms with Crippen LogP contribution in [0.5, 0.6) is 5.75 Å². The highest BCUT2D eigenvalue weighted by Gasteiger charge is 2.21. The summed E-state index contributed by atoms with van der Waals surface area (Å²) in [7, 11) is 3.10. The Morgan fingerprint density at radius 3 is 2.84 bits per heavy atom. The van der Waals surface area contributed by atoms with Gasteiger partial charge < -0.3 is 14.8 Å². The molecule has 1 fully saturated rings. The molecule has 3 heterocycles. The summed E-state index contributed by atoms with van der Waals surface area (Å²) in [6.45, 7) is 2.42. The zero-order valence-corrected chi connectivity index (χ0v) is 18.1. The molecule has 0 bridgehead atoms. The van der Waals surface area contributed by atoms with Crippen molar-refractivity contribution in [2.75, 3.05) is 50.7 Å². The molecule has 2 aromatic heterocycles. The van der Waals surface area contributed by atoms with Gasteiger partial charge in [0.2, 0.25) is 0 Å². The minimum Gasteiger partial charge on any atom is -0.490 e. The largest absolute Gasteiger partial charge is 0.490 e. The lowest BCUT2D eigenvalue weighted by Crippen LogP contribution is -2.32. The quantitative estimate of drug-likeness (QED) is 0.474. The molecule has 1 aliphatic heterocycles. The standard InChI is InChI=1S/C22H26N6O4/c1-28(21-4-3-17(18(14-29)26-21)15-5-7-24-8-6-15)22(30)27-20-11-19(32-10-9-31-2)16(12-23)13-25-20/h3-4,11,13-15,24H,5-10H2,1-2H3,(H,25,27,30). The molecule has 10 nitrogen and oxygen atoms in total. The molecule has 0 atom stereocenters. The summed E-state index contributed by atoms with van der Waals surface area (Å²) in [6, 6.07) is 6.58. The normalized spacial score (nSPS) is 13.8. The van der Waals surface area contributed by atoms with Crippen LogP contribution in [0.25, 0.3) is 0 Å². The Kier molecular flexibility index (Phi) is 8.08. The van der Waals surface area contributed by atoms with E-state index >= 15 is 0 Å². The molecule has 0 radical (unpaired) electrons. The van der Waals surface area contributed by atoms with Gasteiger partial charge in [-0.05, 0) is 43.5 Å². The zero-order chi connectivity index (χ0) is 22.9. The van der Waals surface area contributed by atoms with Crippen LogP contribution in [0, 0.1) is 11.3 Å². The number of piperidine rings is 1. The van der Waals surface area contributed by atoms with Gasteiger partial charge in [-0.1, -0.05) is 6.07 Å². The summed E-state index contributed by atoms with van der Waals surface area (Å²) in [5.41, 5.74) is 1.50. The Balaban J connectivity index is 1.73. The lowest BCUT2D eigenvalue weighted by molar-refractivity contribution is 0.111. The van der Waals surface area contributed by atoms with Crippen LogP contribution < -0.4 is 20.3 Å². The molecule has 1 saturated heterocycles. The number of ether oxygens (including phenoxy) is 2. The highest BCUT2D eigenvalue weighted by molar-refractivity contribution is 6.00. The average molecular weight is 438 g/mol. The lowest BCUT2D eigenvalue weighted by atomic mass is 9.89. The summed E-state index contributed by atoms with van der Waals surface area (Å²) in [5, 5.41) is 15.2. The summed E-state index contributed by atoms with van der Waals surface area (Å²) in [6.07, 6.45) is 3.95. The molecule has 0 aliphatic carbocycles. The summed E-state index contributed by atoms with van der Waals surface area (Å²) in [4.78, 5) is 34.2. The zero-order valence-electron chi connectivity index (χ0n) is 18.1. The molecule has 0 aromatic carbocycles. The molecule has 0 saturated carbocycles. The number of hydrogen-bond acceptors (Lipinski definition) is 8. The van der Waals surface area contributed by atoms with E-state index in [1.54, 1.807) is 20.2 Å². The van der Waals surface area contributed by atoms with Crippen molar-refractivity contribution in [3.63, 3.8) is 0 Å². The van der Waals surface area contributed by atoms with Gasteiger partial charge in [0, 0.05) is 20.2 Å². The van der Waals surface area contributed by atoms with E-state index in [-0.39, 0.29) is 23.9 Å². The number of rotatable bonds is 8. The molecular weight excluding hydrogens is 412 g/mol. The second kappa shape index (κ2) is 11.2. The van der Waals surface area contributed by atoms with Crippen LogP contribution in [0.15, 0.2) is 24.4 Å². The average Bonchev–Trinajstić information content (AvgIpc) is 2.84. The maximum atomic E-state index is 12.7. The van der Waals surface area contributed by atoms with E-state index in [9.17, 15) is 14.9 Å². The van der Waals surface area contributed by atoms with E-state index in [0.717, 1.165) is 37.8 Å². The Morgan fingerprint density at radius 2 is 2.16 bits per heavy atom. The molecule has 1 aliphatic rings. The third-order valence-electron chi connectivity index (χ3n) is 5.25. The SMILES string of the molecule is COCCOc1cc(NC(=O)N(C)c2ccc(C3CCNCC3)c(C=O)n2)ncc1C#N. The molecule has 32 heavy (non-hydrogen) atoms. The number of amides is 2. The van der Waals surface area contributed by atoms with Crippen LogP contribution in [-0.2, 0) is 4.74 Å². The van der Waals surface area contributed by atoms with Crippen molar-refractivity contribution in [2.24, 2.45) is 0 Å². The van der Waals surface area contributed by atoms with Crippen LogP contribution in [0.4, 0.5) is 16.4 Å². The Bertz CT molecular complexity index is 1000. The van der Waals surface area contributed by atoms with Gasteiger partial charge in [0.1, 0.15) is 41.3 Å². The molecule has 0 unspecified atom stereocenters. The van der Waals surface area contributed by atoms with Gasteiger partial charge in [-0.2, -0.15) is 5.26 Å². The first kappa shape index (κ1) is 23.1. The molecule has 10 heteroatoms. The predicted molar refractivity (Wildman–Crippen MR) is 118 cm³/mol. The number of aldehydes is 1. The van der Waals surface area contributed by atoms with Crippen molar-refractivity contribution < 1.29 is 19.1 Å². The first-order chi connectivity index (χ1) is 15.6. The Labute approximate surface area is 186 Å². The number of nitrogens with zero attached hydrogens (tertiary/aromatic N) is 4. The van der Waals surface area contributed by atoms with Crippen LogP contribution in [0.3, 0.4) is 0 Å². The molecule has 2 amide bonds. The summed E-state index contributed by atoms with van der Waals surface area (Å²) in [5.74, 6) is 1.13. The number of pyridine rings is 2. The second-order valence-corrected chi connectivity index (χ2v) is 7.29. The minimum absolute atomic E-state index is 0.218. The molecular formula is C22H26N6O4. The Morgan fingerprint density at radius 1 is 1.38 bits per heavy atom. The number of nitrogens with one attached hydrogen (secondary N) is 2. The van der Waals surface area contributed by atoms with Crippen molar-refractivity contribution in [1.82, 2.24) is 15.3 Å². The van der Waals surface area contributed by atoms with Gasteiger partial charge in [0.15, 0.2) is 6.29 Å². The van der Waals surface area contributed by atoms with Crippen LogP contribution in [-0.4, -0.2) is 62.7 Å². The van der Waals surface area contributed by atoms with E-state index < -0.39 is 6.03 Å². The van der Waals surface area contributed by atoms with Gasteiger partial charge in [-0.3, -0.25) is 15.0 Å². The fourth-order valence-corrected chi connectivity index (χ4v) is 3.48. The molecule has 3 rings (SSSR count). The first-order valence-corrected chi connectivity index (χ1v) is 10.3. The highest BCUT2D eigenvalue weighted by atomic mass is 16.5. The number of aromatic nitrogens is 2. The minimum atomic E-state index is -0.496. The third kappa shape index (κ3) is 5.57. The number of carbonyl (C=O) groups excluding carboxylic acids is 2. The van der Waals surface area contributed by atoms with Crippen LogP contribution >= 0.6 is 0 Å². The number of anilines is 2. The van der Waals surface area contributed by atoms with E-state index in [1.807, 2.05) is 12.1 Å². The van der Waals surface area contributed by atoms with Crippen LogP contribution in [0.2, 0.25) is 0 Å². The number of urea groups is 1. The predicted octanol–water partition coefficient (Wildman–Crippen LogP) is 2.32. The van der Waals surface area contributed by atoms with Gasteiger partial charge >= 0.3 is 6.03 Å². The van der Waals surface area contributed by atoms with Gasteiger partial charge in [0.05, 0.1) is 12.8 Å². The molecule has 2 N–H and O–H groups in total. The van der Waals surface area contributed by atoms with Gasteiger partial charge in [-0.25, -0.2) is 14.8 Å². The molecule has 168 valence electrons. The van der Waals surface area contributed by atoms with Crippen molar-refractivity contribution in [1.29, 1.82) is 5.26 Å². The highest BCUT2D eigenvalue weighted by Crippen LogP contribution is 2.28. The van der Waals surface area contributed by atoms with Crippen LogP contribution in [0.1, 0.15) is 40.4 Å². The smallest absolute Gasteiger partial charge is 0.328 e. The maximum absolute atomic E-state index is 12.7. The lowest BCUT2D eigenvalue weighted by Gasteiger charge is -2.24. The van der Waals surface area contributed by atoms with Crippen molar-refractivity contribution in [2.45, 2.75) is 18.8 Å². The monoisotopic (exact) mass is 438 g/mol. The summed E-state index contributed by atoms with van der Waals surface area (Å²) < 4.78 is 10.5. The fraction of sp³-hybridized carbons (Fsp3) is 0.409. The number of carbonyl (C=O) groups is 2. The summed E-state index contributed by atoms with van der Waals surface area (Å²) >= 11 is 0. The first-order valence-electron chi connectivity index (χ1n) is 10.3. The van der Waals surface area contributed by atoms with Gasteiger partial charge in [0.25, 0.3) is 0 Å². The van der Waals surface area contributed by atoms with E-state index in [1.165, 1.54) is 17.2 Å². The van der Waals surface area contributed by atoms with Gasteiger partial charge in [-0.15, -0.1) is 0 Å². The number of nitriles is 1. The number of hydrogen-bond donors (Lipinski definition) is 2. The topological polar surface area (TPSA) is 129 Å². The fourth-order valence-electron chi connectivity index (χ4n) is 3.48.